The molecule has 0 N–H and O–H groups in total. The number of carbonyl (C=O) groups excluding carboxylic acids is 1. The maximum Gasteiger partial charge on any atom is 0.203 e. The van der Waals surface area contributed by atoms with Crippen molar-refractivity contribution in [2.45, 2.75) is 64.9 Å². The summed E-state index contributed by atoms with van der Waals surface area (Å²) < 4.78 is 23.3. The lowest BCUT2D eigenvalue weighted by Gasteiger charge is -2.17. The van der Waals surface area contributed by atoms with Crippen molar-refractivity contribution in [2.24, 2.45) is 0 Å². The largest absolute Gasteiger partial charge is 0.485 e. The fourth-order valence-corrected chi connectivity index (χ4v) is 3.92. The molecule has 0 aliphatic rings. The van der Waals surface area contributed by atoms with E-state index in [0.29, 0.717) is 43.7 Å². The average Bonchev–Trinajstić information content (AvgIpc) is 2.83. The number of hydrogen-bond acceptors (Lipinski definition) is 6. The molecule has 0 heterocycles. The van der Waals surface area contributed by atoms with Crippen LogP contribution in [0.1, 0.15) is 63.9 Å². The van der Waals surface area contributed by atoms with Crippen molar-refractivity contribution in [1.82, 2.24) is 0 Å². The molecule has 1 aromatic rings. The minimum atomic E-state index is 0.222. The second kappa shape index (κ2) is 20.2. The van der Waals surface area contributed by atoms with Crippen molar-refractivity contribution in [3.05, 3.63) is 55.7 Å². The van der Waals surface area contributed by atoms with E-state index in [1.165, 1.54) is 50.3 Å². The minimum Gasteiger partial charge on any atom is -0.485 e. The molecule has 0 fully saturated rings. The molecule has 0 bridgehead atoms. The Morgan fingerprint density at radius 3 is 1.82 bits per heavy atom. The summed E-state index contributed by atoms with van der Waals surface area (Å²) in [5.74, 6) is 2.70. The molecular weight excluding hydrogens is 448 g/mol. The molecule has 0 saturated heterocycles. The minimum absolute atomic E-state index is 0.222. The highest BCUT2D eigenvalue weighted by atomic mass is 32.2. The Morgan fingerprint density at radius 2 is 1.29 bits per heavy atom. The van der Waals surface area contributed by atoms with E-state index in [4.69, 9.17) is 18.9 Å². The molecule has 0 radical (unpaired) electrons. The Kier molecular flexibility index (Phi) is 17.7. The average molecular weight is 491 g/mol. The van der Waals surface area contributed by atoms with Gasteiger partial charge in [0.15, 0.2) is 16.6 Å². The Balaban J connectivity index is 2.38. The van der Waals surface area contributed by atoms with Crippen LogP contribution >= 0.6 is 11.8 Å². The molecule has 0 spiro atoms. The summed E-state index contributed by atoms with van der Waals surface area (Å²) >= 11 is 1.44. The van der Waals surface area contributed by atoms with E-state index in [2.05, 4.69) is 19.7 Å². The normalized spacial score (nSPS) is 10.5. The van der Waals surface area contributed by atoms with Crippen molar-refractivity contribution < 1.29 is 23.7 Å². The second-order valence-electron chi connectivity index (χ2n) is 7.94. The lowest BCUT2D eigenvalue weighted by Crippen LogP contribution is -2.05. The van der Waals surface area contributed by atoms with E-state index in [1.54, 1.807) is 25.2 Å². The van der Waals surface area contributed by atoms with Gasteiger partial charge in [-0.3, -0.25) is 4.79 Å². The van der Waals surface area contributed by atoms with Crippen LogP contribution in [0.15, 0.2) is 50.1 Å². The summed E-state index contributed by atoms with van der Waals surface area (Å²) in [7, 11) is 0. The monoisotopic (exact) mass is 490 g/mol. The second-order valence-corrected chi connectivity index (χ2v) is 9.21. The highest BCUT2D eigenvalue weighted by Gasteiger charge is 2.15. The molecule has 0 amide bonds. The van der Waals surface area contributed by atoms with Crippen LogP contribution in [-0.4, -0.2) is 37.3 Å². The summed E-state index contributed by atoms with van der Waals surface area (Å²) in [6.07, 6.45) is 14.7. The van der Waals surface area contributed by atoms with Gasteiger partial charge in [0.25, 0.3) is 0 Å². The smallest absolute Gasteiger partial charge is 0.203 e. The molecule has 0 unspecified atom stereocenters. The zero-order valence-electron chi connectivity index (χ0n) is 20.9. The van der Waals surface area contributed by atoms with Gasteiger partial charge in [-0.1, -0.05) is 88.3 Å². The third-order valence-corrected chi connectivity index (χ3v) is 5.80. The van der Waals surface area contributed by atoms with Crippen LogP contribution in [0.2, 0.25) is 0 Å². The quantitative estimate of drug-likeness (QED) is 0.126. The van der Waals surface area contributed by atoms with Crippen LogP contribution in [0.3, 0.4) is 0 Å². The van der Waals surface area contributed by atoms with Crippen LogP contribution in [0.4, 0.5) is 0 Å². The number of hydrogen-bond donors (Lipinski definition) is 0. The fourth-order valence-electron chi connectivity index (χ4n) is 3.28. The topological polar surface area (TPSA) is 54.0 Å². The molecule has 0 aliphatic carbocycles. The van der Waals surface area contributed by atoms with E-state index < -0.39 is 0 Å². The molecule has 0 atom stereocenters. The van der Waals surface area contributed by atoms with E-state index in [1.807, 2.05) is 12.1 Å². The van der Waals surface area contributed by atoms with Gasteiger partial charge in [-0.2, -0.15) is 0 Å². The first-order valence-corrected chi connectivity index (χ1v) is 13.2. The number of thioether (sulfide) groups is 1. The number of carbonyl (C=O) groups is 1. The molecule has 1 rings (SSSR count). The highest BCUT2D eigenvalue weighted by molar-refractivity contribution is 8.13. The molecule has 34 heavy (non-hydrogen) atoms. The zero-order valence-corrected chi connectivity index (χ0v) is 21.7. The van der Waals surface area contributed by atoms with Crippen molar-refractivity contribution in [2.75, 3.05) is 32.2 Å². The Hall–Kier alpha value is -2.18. The van der Waals surface area contributed by atoms with Gasteiger partial charge in [-0.15, -0.1) is 0 Å². The third kappa shape index (κ3) is 14.2. The SMILES string of the molecule is C=CCOc1cc(COCCCCCCCCCCSC(C)=O)cc(OCC=C)c1OCC=C. The first kappa shape index (κ1) is 29.9. The number of ether oxygens (including phenoxy) is 4. The number of unbranched alkanes of at least 4 members (excludes halogenated alkanes) is 7. The molecule has 0 saturated carbocycles. The van der Waals surface area contributed by atoms with Crippen LogP contribution in [0.25, 0.3) is 0 Å². The maximum absolute atomic E-state index is 10.9. The van der Waals surface area contributed by atoms with Gasteiger partial charge in [-0.25, -0.2) is 0 Å². The van der Waals surface area contributed by atoms with Gasteiger partial charge in [0.1, 0.15) is 19.8 Å². The van der Waals surface area contributed by atoms with Gasteiger partial charge < -0.3 is 18.9 Å². The standard InChI is InChI=1S/C28H42O5S/c1-5-16-31-26-21-25(22-27(32-17-6-2)28(26)33-18-7-3)23-30-19-14-12-10-8-9-11-13-15-20-34-24(4)29/h5-7,21-22H,1-3,8-20,23H2,4H3. The molecular formula is C28H42O5S. The van der Waals surface area contributed by atoms with Gasteiger partial charge in [0.2, 0.25) is 5.75 Å². The molecule has 6 heteroatoms. The molecule has 5 nitrogen and oxygen atoms in total. The first-order chi connectivity index (χ1) is 16.6. The third-order valence-electron chi connectivity index (χ3n) is 4.90. The van der Waals surface area contributed by atoms with Gasteiger partial charge in [0, 0.05) is 19.3 Å². The van der Waals surface area contributed by atoms with Crippen molar-refractivity contribution >= 4 is 16.9 Å². The van der Waals surface area contributed by atoms with Crippen LogP contribution in [0, 0.1) is 0 Å². The summed E-state index contributed by atoms with van der Waals surface area (Å²) in [4.78, 5) is 10.9. The van der Waals surface area contributed by atoms with Crippen LogP contribution in [0.5, 0.6) is 17.2 Å². The summed E-state index contributed by atoms with van der Waals surface area (Å²) in [5, 5.41) is 0.222. The molecule has 0 aliphatic heterocycles. The number of rotatable bonds is 22. The Bertz CT molecular complexity index is 699. The van der Waals surface area contributed by atoms with Crippen molar-refractivity contribution in [3.8, 4) is 17.2 Å². The summed E-state index contributed by atoms with van der Waals surface area (Å²) in [6.45, 7) is 15.1. The lowest BCUT2D eigenvalue weighted by atomic mass is 10.1. The van der Waals surface area contributed by atoms with E-state index in [0.717, 1.165) is 30.8 Å². The van der Waals surface area contributed by atoms with Crippen molar-refractivity contribution in [1.29, 1.82) is 0 Å². The van der Waals surface area contributed by atoms with Gasteiger partial charge in [-0.05, 0) is 30.5 Å². The van der Waals surface area contributed by atoms with Gasteiger partial charge in [0.05, 0.1) is 6.61 Å². The van der Waals surface area contributed by atoms with Gasteiger partial charge >= 0.3 is 0 Å². The zero-order chi connectivity index (χ0) is 24.9. The van der Waals surface area contributed by atoms with E-state index >= 15 is 0 Å². The summed E-state index contributed by atoms with van der Waals surface area (Å²) in [5.41, 5.74) is 0.965. The Morgan fingerprint density at radius 1 is 0.794 bits per heavy atom. The predicted molar refractivity (Wildman–Crippen MR) is 143 cm³/mol. The number of benzene rings is 1. The first-order valence-electron chi connectivity index (χ1n) is 12.2. The highest BCUT2D eigenvalue weighted by Crippen LogP contribution is 2.39. The molecule has 1 aromatic carbocycles. The van der Waals surface area contributed by atoms with E-state index in [-0.39, 0.29) is 5.12 Å². The van der Waals surface area contributed by atoms with E-state index in [9.17, 15) is 4.79 Å². The van der Waals surface area contributed by atoms with Crippen molar-refractivity contribution in [3.63, 3.8) is 0 Å². The fraction of sp³-hybridized carbons (Fsp3) is 0.536. The predicted octanol–water partition coefficient (Wildman–Crippen LogP) is 7.30. The molecule has 190 valence electrons. The Labute approximate surface area is 210 Å². The molecule has 0 aromatic heterocycles. The maximum atomic E-state index is 10.9. The lowest BCUT2D eigenvalue weighted by molar-refractivity contribution is -0.109. The van der Waals surface area contributed by atoms with Crippen LogP contribution in [-0.2, 0) is 16.1 Å². The van der Waals surface area contributed by atoms with Crippen LogP contribution < -0.4 is 14.2 Å². The summed E-state index contributed by atoms with van der Waals surface area (Å²) in [6, 6.07) is 3.86.